The third-order valence-electron chi connectivity index (χ3n) is 2.75. The van der Waals surface area contributed by atoms with Crippen LogP contribution in [0.4, 0.5) is 0 Å². The quantitative estimate of drug-likeness (QED) is 0.390. The molecule has 0 unspecified atom stereocenters. The minimum absolute atomic E-state index is 0.288. The van der Waals surface area contributed by atoms with Crippen molar-refractivity contribution in [1.82, 2.24) is 0 Å². The number of benzene rings is 2. The smallest absolute Gasteiger partial charge is 0.357 e. The second kappa shape index (κ2) is 7.33. The highest BCUT2D eigenvalue weighted by Gasteiger charge is 2.19. The van der Waals surface area contributed by atoms with Crippen molar-refractivity contribution in [3.05, 3.63) is 66.8 Å². The Balaban J connectivity index is 2.22. The van der Waals surface area contributed by atoms with Crippen LogP contribution in [0, 0.1) is 7.14 Å². The fraction of sp³-hybridized carbons (Fsp3) is 0.125. The summed E-state index contributed by atoms with van der Waals surface area (Å²) in [6.07, 6.45) is 0. The minimum Gasteiger partial charge on any atom is -0.465 e. The van der Waals surface area contributed by atoms with Crippen molar-refractivity contribution < 1.29 is 40.6 Å². The molecule has 0 aromatic heterocycles. The number of aliphatic hydroxyl groups is 1. The second-order valence-electron chi connectivity index (χ2n) is 4.19. The van der Waals surface area contributed by atoms with Gasteiger partial charge in [0.2, 0.25) is 0 Å². The first kappa shape index (κ1) is 15.7. The molecule has 5 heteroatoms. The van der Waals surface area contributed by atoms with E-state index in [-0.39, 0.29) is 11.8 Å². The maximum absolute atomic E-state index is 11.5. The van der Waals surface area contributed by atoms with Gasteiger partial charge in [-0.05, 0) is 18.2 Å². The van der Waals surface area contributed by atoms with Gasteiger partial charge in [-0.1, -0.05) is 18.2 Å². The molecule has 0 spiro atoms. The Hall–Kier alpha value is -1.73. The number of Topliss-reactive ketones (excluding diaryl/α,β-unsaturated/α-hetero) is 1. The molecule has 1 N–H and O–H groups in total. The van der Waals surface area contributed by atoms with Gasteiger partial charge in [0.05, 0.1) is 12.7 Å². The normalized spacial score (nSPS) is 10.2. The number of aliphatic hydroxyl groups excluding tert-OH is 1. The third kappa shape index (κ3) is 4.12. The van der Waals surface area contributed by atoms with Gasteiger partial charge in [-0.15, -0.1) is 0 Å². The van der Waals surface area contributed by atoms with Crippen LogP contribution in [0.5, 0.6) is 0 Å². The Bertz CT molecular complexity index is 609. The van der Waals surface area contributed by atoms with Gasteiger partial charge < -0.3 is 9.84 Å². The number of hydrogen-bond donors (Lipinski definition) is 1. The van der Waals surface area contributed by atoms with Crippen LogP contribution in [0.25, 0.3) is 0 Å². The first-order valence-corrected chi connectivity index (χ1v) is 8.37. The minimum atomic E-state index is -0.508. The van der Waals surface area contributed by atoms with Crippen molar-refractivity contribution in [3.8, 4) is 0 Å². The molecule has 0 heterocycles. The molecule has 0 atom stereocenters. The summed E-state index contributed by atoms with van der Waals surface area (Å²) >= 11 is -0.508. The Morgan fingerprint density at radius 3 is 2.19 bits per heavy atom. The van der Waals surface area contributed by atoms with E-state index in [4.69, 9.17) is 9.84 Å². The van der Waals surface area contributed by atoms with E-state index in [1.165, 1.54) is 7.11 Å². The third-order valence-corrected chi connectivity index (χ3v) is 5.34. The Kier molecular flexibility index (Phi) is 5.46. The molecule has 0 aliphatic heterocycles. The Labute approximate surface area is 133 Å². The summed E-state index contributed by atoms with van der Waals surface area (Å²) in [4.78, 5) is 23.0. The van der Waals surface area contributed by atoms with E-state index in [1.807, 2.05) is 30.3 Å². The molecule has 2 rings (SSSR count). The van der Waals surface area contributed by atoms with Gasteiger partial charge in [-0.3, -0.25) is 4.79 Å². The Morgan fingerprint density at radius 1 is 1.05 bits per heavy atom. The van der Waals surface area contributed by atoms with Crippen molar-refractivity contribution in [1.29, 1.82) is 0 Å². The Morgan fingerprint density at radius 2 is 1.62 bits per heavy atom. The van der Waals surface area contributed by atoms with Gasteiger partial charge in [0.25, 0.3) is 0 Å². The number of esters is 1. The predicted octanol–water partition coefficient (Wildman–Crippen LogP) is -1.22. The summed E-state index contributed by atoms with van der Waals surface area (Å²) in [5.74, 6) is -0.644. The summed E-state index contributed by atoms with van der Waals surface area (Å²) in [7, 11) is 1.36. The molecule has 0 aliphatic rings. The van der Waals surface area contributed by atoms with Crippen LogP contribution < -0.4 is 21.2 Å². The van der Waals surface area contributed by atoms with Gasteiger partial charge in [0, 0.05) is 17.7 Å². The van der Waals surface area contributed by atoms with Crippen LogP contribution in [0.2, 0.25) is 0 Å². The fourth-order valence-corrected chi connectivity index (χ4v) is 4.21. The SMILES string of the molecule is COC(=O)c1cccc([I+]c2cccc(C(=O)CO)c2)c1. The summed E-state index contributed by atoms with van der Waals surface area (Å²) < 4.78 is 6.82. The lowest BCUT2D eigenvalue weighted by Gasteiger charge is -1.98. The molecule has 0 radical (unpaired) electrons. The van der Waals surface area contributed by atoms with Crippen LogP contribution in [0.15, 0.2) is 48.5 Å². The van der Waals surface area contributed by atoms with Gasteiger partial charge >= 0.3 is 27.2 Å². The van der Waals surface area contributed by atoms with Crippen molar-refractivity contribution >= 4 is 11.8 Å². The number of methoxy groups -OCH3 is 1. The molecule has 4 nitrogen and oxygen atoms in total. The van der Waals surface area contributed by atoms with Crippen LogP contribution in [-0.2, 0) is 4.74 Å². The lowest BCUT2D eigenvalue weighted by Crippen LogP contribution is -3.61. The van der Waals surface area contributed by atoms with Crippen LogP contribution in [0.3, 0.4) is 0 Å². The average molecular weight is 397 g/mol. The van der Waals surface area contributed by atoms with E-state index in [9.17, 15) is 9.59 Å². The zero-order valence-corrected chi connectivity index (χ0v) is 13.5. The van der Waals surface area contributed by atoms with Crippen LogP contribution >= 0.6 is 0 Å². The number of carbonyl (C=O) groups excluding carboxylic acids is 2. The van der Waals surface area contributed by atoms with E-state index in [0.717, 1.165) is 7.14 Å². The van der Waals surface area contributed by atoms with Crippen LogP contribution in [0.1, 0.15) is 20.7 Å². The van der Waals surface area contributed by atoms with E-state index in [0.29, 0.717) is 11.1 Å². The largest absolute Gasteiger partial charge is 0.465 e. The maximum Gasteiger partial charge on any atom is 0.357 e. The molecule has 0 aliphatic carbocycles. The zero-order valence-electron chi connectivity index (χ0n) is 11.4. The lowest BCUT2D eigenvalue weighted by atomic mass is 10.1. The molecule has 2 aromatic carbocycles. The monoisotopic (exact) mass is 397 g/mol. The van der Waals surface area contributed by atoms with E-state index in [2.05, 4.69) is 0 Å². The second-order valence-corrected chi connectivity index (χ2v) is 7.22. The summed E-state index contributed by atoms with van der Waals surface area (Å²) in [5.41, 5.74) is 1.04. The summed E-state index contributed by atoms with van der Waals surface area (Å²) in [5, 5.41) is 8.90. The number of ether oxygens (including phenoxy) is 1. The highest BCUT2D eigenvalue weighted by atomic mass is 127. The number of ketones is 1. The first-order chi connectivity index (χ1) is 10.1. The molecule has 21 heavy (non-hydrogen) atoms. The van der Waals surface area contributed by atoms with Gasteiger partial charge in [-0.25, -0.2) is 4.79 Å². The molecule has 0 saturated carbocycles. The van der Waals surface area contributed by atoms with E-state index in [1.54, 1.807) is 18.2 Å². The van der Waals surface area contributed by atoms with Gasteiger partial charge in [0.1, 0.15) is 6.61 Å². The van der Waals surface area contributed by atoms with E-state index >= 15 is 0 Å². The average Bonchev–Trinajstić information content (AvgIpc) is 2.53. The predicted molar refractivity (Wildman–Crippen MR) is 73.0 cm³/mol. The van der Waals surface area contributed by atoms with Gasteiger partial charge in [-0.2, -0.15) is 0 Å². The molecule has 108 valence electrons. The van der Waals surface area contributed by atoms with Crippen molar-refractivity contribution in [2.75, 3.05) is 13.7 Å². The molecular formula is C16H14IO4+. The molecule has 0 fully saturated rings. The van der Waals surface area contributed by atoms with Gasteiger partial charge in [0.15, 0.2) is 12.9 Å². The number of hydrogen-bond acceptors (Lipinski definition) is 4. The summed E-state index contributed by atoms with van der Waals surface area (Å²) in [6.45, 7) is -0.487. The zero-order chi connectivity index (χ0) is 15.2. The van der Waals surface area contributed by atoms with E-state index < -0.39 is 27.8 Å². The number of halogens is 1. The highest BCUT2D eigenvalue weighted by Crippen LogP contribution is 2.01. The number of carbonyl (C=O) groups is 2. The first-order valence-electron chi connectivity index (χ1n) is 6.21. The summed E-state index contributed by atoms with van der Waals surface area (Å²) in [6, 6.07) is 14.6. The maximum atomic E-state index is 11.5. The van der Waals surface area contributed by atoms with Crippen molar-refractivity contribution in [2.45, 2.75) is 0 Å². The van der Waals surface area contributed by atoms with Crippen molar-refractivity contribution in [3.63, 3.8) is 0 Å². The molecule has 2 aromatic rings. The molecule has 0 bridgehead atoms. The molecule has 0 amide bonds. The fourth-order valence-electron chi connectivity index (χ4n) is 1.73. The molecule has 0 saturated heterocycles. The topological polar surface area (TPSA) is 63.6 Å². The molecular weight excluding hydrogens is 383 g/mol. The van der Waals surface area contributed by atoms with Crippen LogP contribution in [-0.4, -0.2) is 30.6 Å². The standard InChI is InChI=1S/C16H14IO4/c1-21-16(20)12-5-3-7-14(9-12)17-13-6-2-4-11(8-13)15(19)10-18/h2-9,18H,10H2,1H3/q+1. The number of rotatable bonds is 5. The van der Waals surface area contributed by atoms with Crippen molar-refractivity contribution in [2.24, 2.45) is 0 Å². The lowest BCUT2D eigenvalue weighted by molar-refractivity contribution is -0.597. The highest BCUT2D eigenvalue weighted by molar-refractivity contribution is 5.96.